The molecule has 0 bridgehead atoms. The van der Waals surface area contributed by atoms with Crippen LogP contribution < -0.4 is 4.90 Å². The number of amides is 1. The summed E-state index contributed by atoms with van der Waals surface area (Å²) in [6.07, 6.45) is 0. The minimum Gasteiger partial charge on any atom is -0.507 e. The van der Waals surface area contributed by atoms with E-state index in [1.54, 1.807) is 36.4 Å². The number of carbonyl (C=O) groups excluding carboxylic acids is 2. The highest BCUT2D eigenvalue weighted by atomic mass is 16.6. The molecule has 1 fully saturated rings. The Labute approximate surface area is 178 Å². The molecule has 0 aromatic heterocycles. The first-order valence-electron chi connectivity index (χ1n) is 9.56. The standard InChI is InChI=1S/C24H18N2O5/c1-15-6-5-7-17(14-15)21-20(22(27)16-10-12-19(13-11-16)26(30)31)23(28)24(29)25(21)18-8-3-2-4-9-18/h2-14,21,27H,1H3/b22-20-. The van der Waals surface area contributed by atoms with Crippen molar-refractivity contribution in [2.45, 2.75) is 13.0 Å². The molecule has 1 amide bonds. The molecule has 3 aromatic rings. The van der Waals surface area contributed by atoms with Gasteiger partial charge in [-0.15, -0.1) is 0 Å². The van der Waals surface area contributed by atoms with Gasteiger partial charge in [-0.1, -0.05) is 48.0 Å². The number of nitrogens with zero attached hydrogens (tertiary/aromatic N) is 2. The Morgan fingerprint density at radius 2 is 1.65 bits per heavy atom. The third-order valence-corrected chi connectivity index (χ3v) is 5.19. The molecule has 4 rings (SSSR count). The van der Waals surface area contributed by atoms with Gasteiger partial charge in [0.2, 0.25) is 0 Å². The third kappa shape index (κ3) is 3.57. The van der Waals surface area contributed by atoms with Crippen LogP contribution in [-0.2, 0) is 9.59 Å². The minimum atomic E-state index is -0.836. The van der Waals surface area contributed by atoms with Crippen molar-refractivity contribution in [1.29, 1.82) is 0 Å². The molecule has 7 heteroatoms. The summed E-state index contributed by atoms with van der Waals surface area (Å²) in [6, 6.07) is 20.5. The van der Waals surface area contributed by atoms with Crippen LogP contribution in [0.15, 0.2) is 84.4 Å². The van der Waals surface area contributed by atoms with Crippen LogP contribution in [0.4, 0.5) is 11.4 Å². The van der Waals surface area contributed by atoms with Gasteiger partial charge in [0.1, 0.15) is 5.76 Å². The predicted octanol–water partition coefficient (Wildman–Crippen LogP) is 4.53. The number of aliphatic hydroxyl groups is 1. The maximum atomic E-state index is 13.0. The van der Waals surface area contributed by atoms with Crippen LogP contribution in [0.2, 0.25) is 0 Å². The number of aliphatic hydroxyl groups excluding tert-OH is 1. The predicted molar refractivity (Wildman–Crippen MR) is 116 cm³/mol. The van der Waals surface area contributed by atoms with Crippen molar-refractivity contribution >= 4 is 28.8 Å². The summed E-state index contributed by atoms with van der Waals surface area (Å²) in [7, 11) is 0. The highest BCUT2D eigenvalue weighted by Gasteiger charge is 2.46. The van der Waals surface area contributed by atoms with Gasteiger partial charge in [-0.05, 0) is 36.8 Å². The topological polar surface area (TPSA) is 101 Å². The number of anilines is 1. The zero-order valence-corrected chi connectivity index (χ0v) is 16.6. The zero-order chi connectivity index (χ0) is 22.1. The molecule has 1 aliphatic heterocycles. The van der Waals surface area contributed by atoms with E-state index in [0.717, 1.165) is 5.56 Å². The van der Waals surface area contributed by atoms with Gasteiger partial charge in [-0.3, -0.25) is 24.6 Å². The number of hydrogen-bond donors (Lipinski definition) is 1. The van der Waals surface area contributed by atoms with Gasteiger partial charge < -0.3 is 5.11 Å². The lowest BCUT2D eigenvalue weighted by Gasteiger charge is -2.25. The van der Waals surface area contributed by atoms with E-state index in [2.05, 4.69) is 0 Å². The summed E-state index contributed by atoms with van der Waals surface area (Å²) in [5, 5.41) is 21.9. The molecule has 1 saturated heterocycles. The summed E-state index contributed by atoms with van der Waals surface area (Å²) in [5.41, 5.74) is 2.15. The monoisotopic (exact) mass is 414 g/mol. The van der Waals surface area contributed by atoms with Crippen LogP contribution >= 0.6 is 0 Å². The van der Waals surface area contributed by atoms with E-state index in [4.69, 9.17) is 0 Å². The number of ketones is 1. The van der Waals surface area contributed by atoms with E-state index in [1.807, 2.05) is 25.1 Å². The fraction of sp³-hybridized carbons (Fsp3) is 0.0833. The summed E-state index contributed by atoms with van der Waals surface area (Å²) >= 11 is 0. The van der Waals surface area contributed by atoms with E-state index < -0.39 is 22.7 Å². The van der Waals surface area contributed by atoms with Crippen molar-refractivity contribution < 1.29 is 19.6 Å². The van der Waals surface area contributed by atoms with Gasteiger partial charge in [0, 0.05) is 23.4 Å². The lowest BCUT2D eigenvalue weighted by Crippen LogP contribution is -2.29. The van der Waals surface area contributed by atoms with Gasteiger partial charge in [-0.25, -0.2) is 0 Å². The van der Waals surface area contributed by atoms with Crippen LogP contribution in [0, 0.1) is 17.0 Å². The number of para-hydroxylation sites is 1. The number of benzene rings is 3. The molecule has 0 saturated carbocycles. The number of rotatable bonds is 4. The number of Topliss-reactive ketones (excluding diaryl/α,β-unsaturated/α-hetero) is 1. The molecule has 1 aliphatic rings. The van der Waals surface area contributed by atoms with Crippen molar-refractivity contribution in [2.24, 2.45) is 0 Å². The maximum Gasteiger partial charge on any atom is 0.300 e. The Morgan fingerprint density at radius 3 is 2.26 bits per heavy atom. The Morgan fingerprint density at radius 1 is 0.968 bits per heavy atom. The SMILES string of the molecule is Cc1cccc(C2/C(=C(/O)c3ccc([N+](=O)[O-])cc3)C(=O)C(=O)N2c2ccccc2)c1. The number of aryl methyl sites for hydroxylation is 1. The van der Waals surface area contributed by atoms with Crippen molar-refractivity contribution in [3.8, 4) is 0 Å². The van der Waals surface area contributed by atoms with E-state index in [0.29, 0.717) is 11.3 Å². The molecule has 1 heterocycles. The van der Waals surface area contributed by atoms with E-state index in [9.17, 15) is 24.8 Å². The Kier molecular flexibility index (Phi) is 5.09. The molecule has 1 atom stereocenters. The molecular weight excluding hydrogens is 396 g/mol. The summed E-state index contributed by atoms with van der Waals surface area (Å²) < 4.78 is 0. The van der Waals surface area contributed by atoms with Gasteiger partial charge in [-0.2, -0.15) is 0 Å². The van der Waals surface area contributed by atoms with Crippen LogP contribution in [0.25, 0.3) is 5.76 Å². The highest BCUT2D eigenvalue weighted by molar-refractivity contribution is 6.51. The smallest absolute Gasteiger partial charge is 0.300 e. The fourth-order valence-corrected chi connectivity index (χ4v) is 3.74. The number of hydrogen-bond acceptors (Lipinski definition) is 5. The second kappa shape index (κ2) is 7.87. The summed E-state index contributed by atoms with van der Waals surface area (Å²) in [5.74, 6) is -1.94. The van der Waals surface area contributed by atoms with Gasteiger partial charge in [0.25, 0.3) is 17.4 Å². The van der Waals surface area contributed by atoms with E-state index in [-0.39, 0.29) is 22.6 Å². The molecular formula is C24H18N2O5. The van der Waals surface area contributed by atoms with Gasteiger partial charge in [0.15, 0.2) is 0 Å². The van der Waals surface area contributed by atoms with Gasteiger partial charge in [0.05, 0.1) is 16.5 Å². The Hall–Kier alpha value is -4.26. The largest absolute Gasteiger partial charge is 0.507 e. The second-order valence-electron chi connectivity index (χ2n) is 7.22. The number of nitro benzene ring substituents is 1. The molecule has 0 aliphatic carbocycles. The first-order valence-corrected chi connectivity index (χ1v) is 9.56. The fourth-order valence-electron chi connectivity index (χ4n) is 3.74. The van der Waals surface area contributed by atoms with Crippen molar-refractivity contribution in [2.75, 3.05) is 4.90 Å². The number of nitro groups is 1. The average molecular weight is 414 g/mol. The first-order chi connectivity index (χ1) is 14.9. The third-order valence-electron chi connectivity index (χ3n) is 5.19. The maximum absolute atomic E-state index is 13.0. The molecule has 3 aromatic carbocycles. The van der Waals surface area contributed by atoms with Crippen molar-refractivity contribution in [3.05, 3.63) is 111 Å². The molecule has 154 valence electrons. The Bertz CT molecular complexity index is 1220. The lowest BCUT2D eigenvalue weighted by molar-refractivity contribution is -0.384. The highest BCUT2D eigenvalue weighted by Crippen LogP contribution is 2.42. The second-order valence-corrected chi connectivity index (χ2v) is 7.22. The lowest BCUT2D eigenvalue weighted by atomic mass is 9.94. The van der Waals surface area contributed by atoms with Crippen LogP contribution in [-0.4, -0.2) is 21.7 Å². The average Bonchev–Trinajstić information content (AvgIpc) is 3.04. The summed E-state index contributed by atoms with van der Waals surface area (Å²) in [6.45, 7) is 1.90. The minimum absolute atomic E-state index is 0.0618. The van der Waals surface area contributed by atoms with Crippen molar-refractivity contribution in [3.63, 3.8) is 0 Å². The molecule has 1 N–H and O–H groups in total. The summed E-state index contributed by atoms with van der Waals surface area (Å²) in [4.78, 5) is 37.8. The van der Waals surface area contributed by atoms with E-state index >= 15 is 0 Å². The number of non-ortho nitro benzene ring substituents is 1. The van der Waals surface area contributed by atoms with Gasteiger partial charge >= 0.3 is 0 Å². The normalized spacial score (nSPS) is 17.7. The van der Waals surface area contributed by atoms with Crippen LogP contribution in [0.1, 0.15) is 22.7 Å². The van der Waals surface area contributed by atoms with Crippen LogP contribution in [0.3, 0.4) is 0 Å². The van der Waals surface area contributed by atoms with E-state index in [1.165, 1.54) is 29.2 Å². The van der Waals surface area contributed by atoms with Crippen LogP contribution in [0.5, 0.6) is 0 Å². The first kappa shape index (κ1) is 20.0. The molecule has 31 heavy (non-hydrogen) atoms. The zero-order valence-electron chi connectivity index (χ0n) is 16.6. The quantitative estimate of drug-likeness (QED) is 0.222. The molecule has 7 nitrogen and oxygen atoms in total. The molecule has 0 radical (unpaired) electrons. The molecule has 0 spiro atoms. The Balaban J connectivity index is 1.92. The number of carbonyl (C=O) groups is 2. The molecule has 1 unspecified atom stereocenters. The van der Waals surface area contributed by atoms with Crippen molar-refractivity contribution in [1.82, 2.24) is 0 Å².